The number of halogens is 1. The molecule has 19 heavy (non-hydrogen) atoms. The van der Waals surface area contributed by atoms with Gasteiger partial charge in [0.25, 0.3) is 0 Å². The van der Waals surface area contributed by atoms with Crippen molar-refractivity contribution in [3.8, 4) is 17.0 Å². The summed E-state index contributed by atoms with van der Waals surface area (Å²) in [6.45, 7) is 4.86. The maximum Gasteiger partial charge on any atom is 0.175 e. The number of nitrogens with zero attached hydrogens (tertiary/aromatic N) is 1. The number of ether oxygens (including phenoxy) is 1. The van der Waals surface area contributed by atoms with Crippen molar-refractivity contribution in [1.82, 2.24) is 15.3 Å². The van der Waals surface area contributed by atoms with Crippen molar-refractivity contribution in [3.63, 3.8) is 0 Å². The molecule has 0 atom stereocenters. The van der Waals surface area contributed by atoms with Crippen molar-refractivity contribution in [2.24, 2.45) is 0 Å². The first kappa shape index (κ1) is 14.1. The lowest BCUT2D eigenvalue weighted by Crippen LogP contribution is -2.06. The molecule has 2 aromatic rings. The van der Waals surface area contributed by atoms with E-state index in [-0.39, 0.29) is 0 Å². The quantitative estimate of drug-likeness (QED) is 0.908. The maximum absolute atomic E-state index is 5.35. The number of aromatic nitrogens is 2. The lowest BCUT2D eigenvalue weighted by atomic mass is 10.0. The van der Waals surface area contributed by atoms with Crippen molar-refractivity contribution in [3.05, 3.63) is 33.7 Å². The van der Waals surface area contributed by atoms with E-state index in [1.807, 2.05) is 14.0 Å². The molecular weight excluding hydrogens is 306 g/mol. The minimum Gasteiger partial charge on any atom is -0.496 e. The van der Waals surface area contributed by atoms with Crippen molar-refractivity contribution in [2.45, 2.75) is 20.4 Å². The van der Waals surface area contributed by atoms with E-state index in [2.05, 4.69) is 50.3 Å². The number of aryl methyl sites for hydroxylation is 2. The first-order valence-corrected chi connectivity index (χ1v) is 6.90. The Morgan fingerprint density at radius 1 is 1.32 bits per heavy atom. The second kappa shape index (κ2) is 5.75. The molecule has 2 N–H and O–H groups in total. The number of hydrogen-bond acceptors (Lipinski definition) is 3. The van der Waals surface area contributed by atoms with Crippen LogP contribution in [0.15, 0.2) is 16.9 Å². The van der Waals surface area contributed by atoms with E-state index in [0.717, 1.165) is 45.1 Å². The van der Waals surface area contributed by atoms with Gasteiger partial charge < -0.3 is 15.0 Å². The molecule has 4 nitrogen and oxygen atoms in total. The van der Waals surface area contributed by atoms with Crippen LogP contribution in [0, 0.1) is 13.8 Å². The second-order valence-corrected chi connectivity index (χ2v) is 5.27. The fourth-order valence-electron chi connectivity index (χ4n) is 2.17. The third-order valence-electron chi connectivity index (χ3n) is 3.10. The second-order valence-electron chi connectivity index (χ2n) is 4.52. The highest BCUT2D eigenvalue weighted by Crippen LogP contribution is 2.31. The molecule has 0 radical (unpaired) electrons. The van der Waals surface area contributed by atoms with Gasteiger partial charge in [0, 0.05) is 12.1 Å². The average Bonchev–Trinajstić information content (AvgIpc) is 2.73. The standard InChI is InChI=1S/C14H18BrN3O/c1-8-6-12(19-4)9(2)5-10(8)13-11(7-16-3)17-14(15)18-13/h5-6,16H,7H2,1-4H3,(H,17,18). The molecule has 0 saturated carbocycles. The predicted octanol–water partition coefficient (Wildman–Crippen LogP) is 3.18. The van der Waals surface area contributed by atoms with Crippen LogP contribution in [0.1, 0.15) is 16.8 Å². The van der Waals surface area contributed by atoms with Crippen LogP contribution in [0.4, 0.5) is 0 Å². The summed E-state index contributed by atoms with van der Waals surface area (Å²) in [4.78, 5) is 7.77. The van der Waals surface area contributed by atoms with Crippen LogP contribution in [0.2, 0.25) is 0 Å². The molecule has 0 saturated heterocycles. The molecule has 0 amide bonds. The Morgan fingerprint density at radius 2 is 2.05 bits per heavy atom. The molecule has 1 aromatic heterocycles. The molecular formula is C14H18BrN3O. The zero-order valence-corrected chi connectivity index (χ0v) is 13.2. The Kier molecular flexibility index (Phi) is 4.27. The van der Waals surface area contributed by atoms with Gasteiger partial charge in [0.2, 0.25) is 0 Å². The smallest absolute Gasteiger partial charge is 0.175 e. The van der Waals surface area contributed by atoms with E-state index in [4.69, 9.17) is 4.74 Å². The van der Waals surface area contributed by atoms with Crippen LogP contribution in [-0.2, 0) is 6.54 Å². The predicted molar refractivity (Wildman–Crippen MR) is 80.5 cm³/mol. The Hall–Kier alpha value is -1.33. The number of methoxy groups -OCH3 is 1. The normalized spacial score (nSPS) is 10.8. The molecule has 0 bridgehead atoms. The molecule has 1 aromatic carbocycles. The third-order valence-corrected chi connectivity index (χ3v) is 3.48. The van der Waals surface area contributed by atoms with Crippen LogP contribution >= 0.6 is 15.9 Å². The minimum atomic E-state index is 0.748. The van der Waals surface area contributed by atoms with Gasteiger partial charge in [0.1, 0.15) is 5.75 Å². The summed E-state index contributed by atoms with van der Waals surface area (Å²) >= 11 is 3.40. The summed E-state index contributed by atoms with van der Waals surface area (Å²) in [6.07, 6.45) is 0. The zero-order valence-electron chi connectivity index (χ0n) is 11.6. The first-order chi connectivity index (χ1) is 9.06. The lowest BCUT2D eigenvalue weighted by Gasteiger charge is -2.11. The largest absolute Gasteiger partial charge is 0.496 e. The number of H-pyrrole nitrogens is 1. The maximum atomic E-state index is 5.35. The summed E-state index contributed by atoms with van der Waals surface area (Å²) in [5, 5.41) is 3.15. The van der Waals surface area contributed by atoms with Gasteiger partial charge in [-0.1, -0.05) is 0 Å². The van der Waals surface area contributed by atoms with Gasteiger partial charge in [-0.15, -0.1) is 0 Å². The fraction of sp³-hybridized carbons (Fsp3) is 0.357. The summed E-state index contributed by atoms with van der Waals surface area (Å²) in [5.41, 5.74) is 5.44. The molecule has 0 unspecified atom stereocenters. The van der Waals surface area contributed by atoms with Crippen molar-refractivity contribution < 1.29 is 4.74 Å². The summed E-state index contributed by atoms with van der Waals surface area (Å²) < 4.78 is 6.10. The highest BCUT2D eigenvalue weighted by Gasteiger charge is 2.14. The van der Waals surface area contributed by atoms with Crippen LogP contribution in [0.3, 0.4) is 0 Å². The zero-order chi connectivity index (χ0) is 14.0. The molecule has 1 heterocycles. The van der Waals surface area contributed by atoms with Gasteiger partial charge in [-0.25, -0.2) is 4.98 Å². The number of aromatic amines is 1. The fourth-order valence-corrected chi connectivity index (χ4v) is 2.59. The van der Waals surface area contributed by atoms with Gasteiger partial charge in [-0.2, -0.15) is 0 Å². The number of rotatable bonds is 4. The Labute approximate surface area is 121 Å². The van der Waals surface area contributed by atoms with E-state index in [0.29, 0.717) is 0 Å². The molecule has 2 rings (SSSR count). The molecule has 0 aliphatic heterocycles. The summed E-state index contributed by atoms with van der Waals surface area (Å²) in [6, 6.07) is 4.17. The Balaban J connectivity index is 2.55. The van der Waals surface area contributed by atoms with Gasteiger partial charge in [-0.3, -0.25) is 0 Å². The lowest BCUT2D eigenvalue weighted by molar-refractivity contribution is 0.411. The van der Waals surface area contributed by atoms with Gasteiger partial charge in [0.15, 0.2) is 4.73 Å². The van der Waals surface area contributed by atoms with Crippen molar-refractivity contribution in [1.29, 1.82) is 0 Å². The topological polar surface area (TPSA) is 49.9 Å². The van der Waals surface area contributed by atoms with E-state index < -0.39 is 0 Å². The van der Waals surface area contributed by atoms with E-state index in [1.54, 1.807) is 7.11 Å². The molecule has 102 valence electrons. The monoisotopic (exact) mass is 323 g/mol. The van der Waals surface area contributed by atoms with Crippen LogP contribution in [0.25, 0.3) is 11.3 Å². The molecule has 0 fully saturated rings. The Morgan fingerprint density at radius 3 is 2.68 bits per heavy atom. The summed E-state index contributed by atoms with van der Waals surface area (Å²) in [5.74, 6) is 0.908. The van der Waals surface area contributed by atoms with E-state index in [9.17, 15) is 0 Å². The highest BCUT2D eigenvalue weighted by atomic mass is 79.9. The minimum absolute atomic E-state index is 0.748. The third kappa shape index (κ3) is 2.82. The van der Waals surface area contributed by atoms with Crippen LogP contribution in [-0.4, -0.2) is 24.1 Å². The van der Waals surface area contributed by atoms with Crippen molar-refractivity contribution in [2.75, 3.05) is 14.2 Å². The Bertz CT molecular complexity index is 593. The van der Waals surface area contributed by atoms with Gasteiger partial charge in [0.05, 0.1) is 18.5 Å². The number of hydrogen-bond donors (Lipinski definition) is 2. The molecule has 5 heteroatoms. The molecule has 0 aliphatic carbocycles. The summed E-state index contributed by atoms with van der Waals surface area (Å²) in [7, 11) is 3.61. The molecule has 0 spiro atoms. The van der Waals surface area contributed by atoms with E-state index in [1.165, 1.54) is 0 Å². The van der Waals surface area contributed by atoms with Gasteiger partial charge in [-0.05, 0) is 60.1 Å². The van der Waals surface area contributed by atoms with E-state index >= 15 is 0 Å². The SMILES string of the molecule is CNCc1[nH]c(Br)nc1-c1cc(C)c(OC)cc1C. The van der Waals surface area contributed by atoms with Crippen LogP contribution in [0.5, 0.6) is 5.75 Å². The number of nitrogens with one attached hydrogen (secondary N) is 2. The van der Waals surface area contributed by atoms with Crippen LogP contribution < -0.4 is 10.1 Å². The highest BCUT2D eigenvalue weighted by molar-refractivity contribution is 9.10. The molecule has 0 aliphatic rings. The first-order valence-electron chi connectivity index (χ1n) is 6.11. The number of imidazole rings is 1. The average molecular weight is 324 g/mol. The van der Waals surface area contributed by atoms with Crippen molar-refractivity contribution >= 4 is 15.9 Å². The van der Waals surface area contributed by atoms with Gasteiger partial charge >= 0.3 is 0 Å². The number of benzene rings is 1.